The predicted octanol–water partition coefficient (Wildman–Crippen LogP) is 5.80. The minimum atomic E-state index is 0.0121. The first-order chi connectivity index (χ1) is 15.0. The average molecular weight is 438 g/mol. The van der Waals surface area contributed by atoms with Crippen molar-refractivity contribution in [1.82, 2.24) is 4.90 Å². The highest BCUT2D eigenvalue weighted by Crippen LogP contribution is 2.28. The number of carbonyl (C=O) groups excluding carboxylic acids is 1. The fraction of sp³-hybridized carbons (Fsp3) is 0.269. The minimum absolute atomic E-state index is 0.0121. The Bertz CT molecular complexity index is 1000. The molecule has 0 aliphatic heterocycles. The van der Waals surface area contributed by atoms with Gasteiger partial charge in [-0.15, -0.1) is 0 Å². The Hall–Kier alpha value is -2.98. The lowest BCUT2D eigenvalue weighted by Crippen LogP contribution is -2.32. The molecule has 3 rings (SSSR count). The Balaban J connectivity index is 1.80. The van der Waals surface area contributed by atoms with Crippen molar-refractivity contribution in [2.24, 2.45) is 0 Å². The first-order valence-corrected chi connectivity index (χ1v) is 10.8. The second-order valence-electron chi connectivity index (χ2n) is 7.34. The van der Waals surface area contributed by atoms with Crippen molar-refractivity contribution in [3.8, 4) is 11.5 Å². The largest absolute Gasteiger partial charge is 0.493 e. The van der Waals surface area contributed by atoms with Crippen LogP contribution in [0.3, 0.4) is 0 Å². The van der Waals surface area contributed by atoms with Crippen molar-refractivity contribution in [3.05, 3.63) is 94.0 Å². The zero-order chi connectivity index (χ0) is 22.2. The molecule has 0 saturated heterocycles. The molecule has 0 N–H and O–H groups in total. The zero-order valence-corrected chi connectivity index (χ0v) is 19.0. The van der Waals surface area contributed by atoms with Gasteiger partial charge in [0.05, 0.1) is 14.2 Å². The van der Waals surface area contributed by atoms with Crippen LogP contribution in [-0.4, -0.2) is 31.6 Å². The van der Waals surface area contributed by atoms with E-state index in [9.17, 15) is 4.79 Å². The van der Waals surface area contributed by atoms with E-state index in [4.69, 9.17) is 21.1 Å². The van der Waals surface area contributed by atoms with Crippen molar-refractivity contribution >= 4 is 17.5 Å². The number of carbonyl (C=O) groups is 1. The van der Waals surface area contributed by atoms with Gasteiger partial charge in [0.15, 0.2) is 11.5 Å². The number of nitrogens with zero attached hydrogens (tertiary/aromatic N) is 1. The Morgan fingerprint density at radius 3 is 2.06 bits per heavy atom. The number of ether oxygens (including phenoxy) is 2. The summed E-state index contributed by atoms with van der Waals surface area (Å²) in [4.78, 5) is 15.2. The Labute approximate surface area is 189 Å². The van der Waals surface area contributed by atoms with Crippen molar-refractivity contribution in [2.45, 2.75) is 26.3 Å². The summed E-state index contributed by atoms with van der Waals surface area (Å²) >= 11 is 6.03. The van der Waals surface area contributed by atoms with Crippen LogP contribution >= 0.6 is 11.6 Å². The van der Waals surface area contributed by atoms with E-state index >= 15 is 0 Å². The van der Waals surface area contributed by atoms with Crippen LogP contribution in [-0.2, 0) is 19.4 Å². The first-order valence-electron chi connectivity index (χ1n) is 10.4. The third-order valence-electron chi connectivity index (χ3n) is 5.30. The zero-order valence-electron chi connectivity index (χ0n) is 18.2. The molecule has 0 fully saturated rings. The summed E-state index contributed by atoms with van der Waals surface area (Å²) in [6.07, 6.45) is 1.65. The van der Waals surface area contributed by atoms with Gasteiger partial charge in [-0.05, 0) is 65.9 Å². The minimum Gasteiger partial charge on any atom is -0.493 e. The molecule has 5 heteroatoms. The average Bonchev–Trinajstić information content (AvgIpc) is 2.82. The van der Waals surface area contributed by atoms with Crippen LogP contribution in [0.4, 0.5) is 0 Å². The summed E-state index contributed by atoms with van der Waals surface area (Å²) in [5, 5.41) is 0.683. The molecule has 0 aliphatic carbocycles. The highest BCUT2D eigenvalue weighted by molar-refractivity contribution is 6.30. The molecule has 0 saturated carbocycles. The lowest BCUT2D eigenvalue weighted by Gasteiger charge is -2.23. The molecule has 0 atom stereocenters. The van der Waals surface area contributed by atoms with Gasteiger partial charge in [0.1, 0.15) is 0 Å². The van der Waals surface area contributed by atoms with Crippen molar-refractivity contribution in [2.75, 3.05) is 20.8 Å². The Morgan fingerprint density at radius 1 is 0.839 bits per heavy atom. The maximum absolute atomic E-state index is 13.3. The molecule has 4 nitrogen and oxygen atoms in total. The molecule has 3 aromatic rings. The number of rotatable bonds is 9. The van der Waals surface area contributed by atoms with E-state index in [2.05, 4.69) is 6.92 Å². The molecule has 0 aromatic heterocycles. The molecule has 0 heterocycles. The van der Waals surface area contributed by atoms with Crippen LogP contribution in [0.1, 0.15) is 34.0 Å². The highest BCUT2D eigenvalue weighted by Gasteiger charge is 2.17. The summed E-state index contributed by atoms with van der Waals surface area (Å²) in [6, 6.07) is 21.3. The topological polar surface area (TPSA) is 38.8 Å². The Morgan fingerprint density at radius 2 is 1.45 bits per heavy atom. The molecule has 0 unspecified atom stereocenters. The van der Waals surface area contributed by atoms with E-state index < -0.39 is 0 Å². The van der Waals surface area contributed by atoms with E-state index in [1.54, 1.807) is 14.2 Å². The molecule has 0 spiro atoms. The van der Waals surface area contributed by atoms with E-state index in [-0.39, 0.29) is 5.91 Å². The van der Waals surface area contributed by atoms with Gasteiger partial charge in [-0.1, -0.05) is 48.9 Å². The number of hydrogen-bond donors (Lipinski definition) is 0. The summed E-state index contributed by atoms with van der Waals surface area (Å²) in [5.41, 5.74) is 4.02. The Kier molecular flexibility index (Phi) is 7.96. The summed E-state index contributed by atoms with van der Waals surface area (Å²) in [5.74, 6) is 1.39. The van der Waals surface area contributed by atoms with Gasteiger partial charge >= 0.3 is 0 Å². The summed E-state index contributed by atoms with van der Waals surface area (Å²) < 4.78 is 10.7. The van der Waals surface area contributed by atoms with Crippen molar-refractivity contribution in [3.63, 3.8) is 0 Å². The van der Waals surface area contributed by atoms with Gasteiger partial charge in [-0.3, -0.25) is 4.79 Å². The third kappa shape index (κ3) is 6.02. The standard InChI is InChI=1S/C26H28ClNO3/c1-4-19-5-10-22(11-6-19)26(29)28(18-21-7-12-23(27)13-8-21)16-15-20-9-14-24(30-2)25(17-20)31-3/h5-14,17H,4,15-16,18H2,1-3H3. The van der Waals surface area contributed by atoms with Crippen LogP contribution in [0.25, 0.3) is 0 Å². The monoisotopic (exact) mass is 437 g/mol. The van der Waals surface area contributed by atoms with Gasteiger partial charge in [0, 0.05) is 23.7 Å². The summed E-state index contributed by atoms with van der Waals surface area (Å²) in [7, 11) is 3.24. The molecule has 1 amide bonds. The fourth-order valence-electron chi connectivity index (χ4n) is 3.43. The van der Waals surface area contributed by atoms with E-state index in [1.807, 2.05) is 71.6 Å². The van der Waals surface area contributed by atoms with Gasteiger partial charge in [-0.25, -0.2) is 0 Å². The highest BCUT2D eigenvalue weighted by atomic mass is 35.5. The van der Waals surface area contributed by atoms with E-state index in [1.165, 1.54) is 5.56 Å². The molecule has 31 heavy (non-hydrogen) atoms. The third-order valence-corrected chi connectivity index (χ3v) is 5.55. The fourth-order valence-corrected chi connectivity index (χ4v) is 3.55. The number of methoxy groups -OCH3 is 2. The molecular weight excluding hydrogens is 410 g/mol. The summed E-state index contributed by atoms with van der Waals surface area (Å²) in [6.45, 7) is 3.19. The number of halogens is 1. The van der Waals surface area contributed by atoms with Crippen LogP contribution in [0, 0.1) is 0 Å². The first kappa shape index (κ1) is 22.7. The predicted molar refractivity (Wildman–Crippen MR) is 125 cm³/mol. The van der Waals surface area contributed by atoms with Crippen molar-refractivity contribution < 1.29 is 14.3 Å². The molecule has 0 bridgehead atoms. The van der Waals surface area contributed by atoms with E-state index in [0.717, 1.165) is 17.5 Å². The maximum atomic E-state index is 13.3. The number of benzene rings is 3. The number of hydrogen-bond acceptors (Lipinski definition) is 3. The molecular formula is C26H28ClNO3. The smallest absolute Gasteiger partial charge is 0.254 e. The SMILES string of the molecule is CCc1ccc(C(=O)N(CCc2ccc(OC)c(OC)c2)Cc2ccc(Cl)cc2)cc1. The quantitative estimate of drug-likeness (QED) is 0.424. The van der Waals surface area contributed by atoms with Gasteiger partial charge < -0.3 is 14.4 Å². The van der Waals surface area contributed by atoms with Crippen molar-refractivity contribution in [1.29, 1.82) is 0 Å². The van der Waals surface area contributed by atoms with Crippen LogP contribution in [0.15, 0.2) is 66.7 Å². The van der Waals surface area contributed by atoms with Gasteiger partial charge in [0.25, 0.3) is 5.91 Å². The lowest BCUT2D eigenvalue weighted by atomic mass is 10.1. The second-order valence-corrected chi connectivity index (χ2v) is 7.78. The normalized spacial score (nSPS) is 10.6. The van der Waals surface area contributed by atoms with Crippen LogP contribution < -0.4 is 9.47 Å². The van der Waals surface area contributed by atoms with E-state index in [0.29, 0.717) is 41.6 Å². The number of amides is 1. The molecule has 0 aliphatic rings. The van der Waals surface area contributed by atoms with Gasteiger partial charge in [0.2, 0.25) is 0 Å². The lowest BCUT2D eigenvalue weighted by molar-refractivity contribution is 0.0745. The molecule has 0 radical (unpaired) electrons. The maximum Gasteiger partial charge on any atom is 0.254 e. The molecule has 162 valence electrons. The van der Waals surface area contributed by atoms with Crippen LogP contribution in [0.5, 0.6) is 11.5 Å². The molecule has 3 aromatic carbocycles. The van der Waals surface area contributed by atoms with Crippen LogP contribution in [0.2, 0.25) is 5.02 Å². The second kappa shape index (κ2) is 10.9. The number of aryl methyl sites for hydroxylation is 1. The van der Waals surface area contributed by atoms with Gasteiger partial charge in [-0.2, -0.15) is 0 Å².